The summed E-state index contributed by atoms with van der Waals surface area (Å²) >= 11 is 7.88. The third kappa shape index (κ3) is 35.3. The quantitative estimate of drug-likeness (QED) is 0.0440. The number of hydrogen-bond acceptors (Lipinski definition) is 20. The van der Waals surface area contributed by atoms with Crippen LogP contribution in [0.4, 0.5) is 0 Å². The van der Waals surface area contributed by atoms with E-state index in [0.29, 0.717) is 31.8 Å². The number of quaternary nitrogens is 2. The first-order chi connectivity index (χ1) is 37.4. The van der Waals surface area contributed by atoms with Crippen LogP contribution in [0.25, 0.3) is 0 Å². The highest BCUT2D eigenvalue weighted by atomic mass is 127. The minimum Gasteiger partial charge on any atom is -0.748 e. The van der Waals surface area contributed by atoms with Crippen LogP contribution in [-0.4, -0.2) is 164 Å². The normalized spacial score (nSPS) is 15.2. The van der Waals surface area contributed by atoms with E-state index >= 15 is 0 Å². The molecule has 3 N–H and O–H groups in total. The van der Waals surface area contributed by atoms with E-state index in [4.69, 9.17) is 9.47 Å². The molecule has 3 aromatic rings. The monoisotopic (exact) mass is 1660 g/mol. The highest BCUT2D eigenvalue weighted by Crippen LogP contribution is 2.51. The molecular formula is C53H73I4N2O20S3-. The van der Waals surface area contributed by atoms with Gasteiger partial charge in [-0.25, -0.2) is 49.2 Å². The molecule has 0 atom stereocenters. The molecule has 3 aromatic carbocycles. The van der Waals surface area contributed by atoms with E-state index in [1.54, 1.807) is 68.4 Å². The van der Waals surface area contributed by atoms with Gasteiger partial charge in [-0.2, -0.15) is 0 Å². The Labute approximate surface area is 537 Å². The Balaban J connectivity index is 0.00000100. The fraction of sp³-hybridized carbons (Fsp3) is 0.491. The number of benzene rings is 3. The number of phenols is 1. The Hall–Kier alpha value is -3.14. The molecule has 0 spiro atoms. The number of esters is 5. The van der Waals surface area contributed by atoms with Gasteiger partial charge in [0.1, 0.15) is 50.3 Å². The molecule has 0 bridgehead atoms. The van der Waals surface area contributed by atoms with Crippen LogP contribution in [0.15, 0.2) is 85.0 Å². The van der Waals surface area contributed by atoms with Crippen LogP contribution in [0.1, 0.15) is 92.4 Å². The number of halogens is 4. The van der Waals surface area contributed by atoms with Crippen LogP contribution in [0.2, 0.25) is 0 Å². The average molecular weight is 1660 g/mol. The second-order valence-corrected chi connectivity index (χ2v) is 30.0. The molecular weight excluding hydrogens is 1590 g/mol. The van der Waals surface area contributed by atoms with Crippen molar-refractivity contribution in [2.24, 2.45) is 16.7 Å². The fourth-order valence-electron chi connectivity index (χ4n) is 7.22. The summed E-state index contributed by atoms with van der Waals surface area (Å²) in [6.45, 7) is 22.2. The number of ether oxygens (including phenoxy) is 5. The van der Waals surface area contributed by atoms with Gasteiger partial charge in [-0.1, -0.05) is 59.9 Å². The van der Waals surface area contributed by atoms with Gasteiger partial charge in [-0.3, -0.25) is 0 Å². The SMILES string of the molecule is C=C(C)C(=O)OC(C[NH+](C)C)C[NH+](C)C.C=C(C)C(=O)OC1CC(C)(C)C(C)C(C)(C)C1.O=C(OCCS(=O)(=O)[O-])c1cc(I)cc(I)c1O.O=C(OCCS(=O)(=O)[O-])c1cccc(I)c1.O=C(OCCS(=O)(=O)[O-])c1cccc(I)c1. The second-order valence-electron chi connectivity index (χ2n) is 20.5. The topological polar surface area (TPSA) is 332 Å². The van der Waals surface area contributed by atoms with Gasteiger partial charge in [0.25, 0.3) is 0 Å². The average Bonchev–Trinajstić information content (AvgIpc) is 3.38. The van der Waals surface area contributed by atoms with Gasteiger partial charge in [0.05, 0.1) is 90.5 Å². The lowest BCUT2D eigenvalue weighted by molar-refractivity contribution is -0.884. The highest BCUT2D eigenvalue weighted by Gasteiger charge is 2.46. The molecule has 82 heavy (non-hydrogen) atoms. The summed E-state index contributed by atoms with van der Waals surface area (Å²) in [5.41, 5.74) is 1.96. The largest absolute Gasteiger partial charge is 0.748 e. The predicted molar refractivity (Wildman–Crippen MR) is 337 cm³/mol. The van der Waals surface area contributed by atoms with Gasteiger partial charge in [0, 0.05) is 21.9 Å². The molecule has 0 aromatic heterocycles. The van der Waals surface area contributed by atoms with Crippen LogP contribution >= 0.6 is 90.4 Å². The summed E-state index contributed by atoms with van der Waals surface area (Å²) in [6.07, 6.45) is 1.87. The van der Waals surface area contributed by atoms with E-state index in [2.05, 4.69) is 62.0 Å². The van der Waals surface area contributed by atoms with Gasteiger partial charge in [0.15, 0.2) is 6.10 Å². The van der Waals surface area contributed by atoms with E-state index in [9.17, 15) is 68.0 Å². The molecule has 1 fully saturated rings. The summed E-state index contributed by atoms with van der Waals surface area (Å²) in [4.78, 5) is 59.8. The fourth-order valence-corrected chi connectivity index (χ4v) is 11.0. The standard InChI is InChI=1S/C15H26O2.C11H22N2O2.C9H8I2O6S.2C9H9IO5S/c1-10(2)13(16)17-12-8-14(4,5)11(3)15(6,7)9-12;1-9(2)11(14)15-10(7-12(3)4)8-13(5)6;10-5-3-6(8(12)7(11)4-5)9(13)17-1-2-18(14,15)16;2*10-8-3-1-2-7(6-8)9(11)15-4-5-16(12,13)14/h11-12H,1,8-9H2,2-7H3;10H,1,7-8H2,2-6H3;3-4,12H,1-2H2,(H,14,15,16);2*1-3,6H,4-5H2,(H,12,13,14)/p-1. The zero-order valence-electron chi connectivity index (χ0n) is 47.4. The molecule has 1 saturated carbocycles. The maximum Gasteiger partial charge on any atom is 0.342 e. The highest BCUT2D eigenvalue weighted by molar-refractivity contribution is 14.1. The Morgan fingerprint density at radius 1 is 0.622 bits per heavy atom. The van der Waals surface area contributed by atoms with Gasteiger partial charge in [-0.15, -0.1) is 0 Å². The van der Waals surface area contributed by atoms with Crippen molar-refractivity contribution in [3.8, 4) is 5.75 Å². The molecule has 0 radical (unpaired) electrons. The van der Waals surface area contributed by atoms with E-state index < -0.39 is 85.3 Å². The second kappa shape index (κ2) is 36.8. The van der Waals surface area contributed by atoms with Crippen molar-refractivity contribution in [3.63, 3.8) is 0 Å². The number of hydrogen-bond donors (Lipinski definition) is 3. The van der Waals surface area contributed by atoms with Crippen molar-refractivity contribution >= 4 is 151 Å². The zero-order chi connectivity index (χ0) is 63.7. The van der Waals surface area contributed by atoms with Gasteiger partial charge in [0.2, 0.25) is 0 Å². The number of phenolic OH excluding ortho intramolecular Hbond substituents is 1. The minimum atomic E-state index is -4.42. The molecule has 0 heterocycles. The maximum atomic E-state index is 11.6. The third-order valence-electron chi connectivity index (χ3n) is 11.4. The number of nitrogens with one attached hydrogen (secondary N) is 2. The molecule has 1 aliphatic carbocycles. The van der Waals surface area contributed by atoms with E-state index in [1.165, 1.54) is 15.9 Å². The first kappa shape index (κ1) is 78.9. The van der Waals surface area contributed by atoms with Crippen LogP contribution < -0.4 is 9.80 Å². The van der Waals surface area contributed by atoms with E-state index in [-0.39, 0.29) is 46.3 Å². The molecule has 0 amide bonds. The van der Waals surface area contributed by atoms with Crippen molar-refractivity contribution in [2.75, 3.05) is 78.4 Å². The number of carbonyl (C=O) groups is 5. The van der Waals surface area contributed by atoms with Crippen molar-refractivity contribution in [1.82, 2.24) is 0 Å². The van der Waals surface area contributed by atoms with Crippen LogP contribution in [0, 0.1) is 31.0 Å². The van der Waals surface area contributed by atoms with E-state index in [0.717, 1.165) is 36.6 Å². The van der Waals surface area contributed by atoms with Crippen LogP contribution in [-0.2, 0) is 63.6 Å². The third-order valence-corrected chi connectivity index (χ3v) is 16.2. The Morgan fingerprint density at radius 2 is 0.988 bits per heavy atom. The molecule has 22 nitrogen and oxygen atoms in total. The molecule has 462 valence electrons. The smallest absolute Gasteiger partial charge is 0.342 e. The number of aromatic hydroxyl groups is 1. The maximum absolute atomic E-state index is 11.6. The summed E-state index contributed by atoms with van der Waals surface area (Å²) in [5.74, 6) is -4.50. The van der Waals surface area contributed by atoms with Gasteiger partial charge in [-0.05, 0) is 182 Å². The predicted octanol–water partition coefficient (Wildman–Crippen LogP) is 5.01. The van der Waals surface area contributed by atoms with Crippen molar-refractivity contribution in [2.45, 2.75) is 73.5 Å². The lowest BCUT2D eigenvalue weighted by Gasteiger charge is -2.50. The van der Waals surface area contributed by atoms with Gasteiger partial charge >= 0.3 is 29.8 Å². The number of carbonyl (C=O) groups excluding carboxylic acids is 5. The lowest BCUT2D eigenvalue weighted by atomic mass is 9.57. The minimum absolute atomic E-state index is 0.0281. The van der Waals surface area contributed by atoms with Crippen molar-refractivity contribution in [1.29, 1.82) is 0 Å². The molecule has 4 rings (SSSR count). The number of rotatable bonds is 20. The Bertz CT molecular complexity index is 2890. The molecule has 29 heteroatoms. The molecule has 1 aliphatic rings. The van der Waals surface area contributed by atoms with Crippen molar-refractivity contribution in [3.05, 3.63) is 116 Å². The van der Waals surface area contributed by atoms with Gasteiger partial charge < -0.3 is 52.2 Å². The molecule has 0 saturated heterocycles. The summed E-state index contributed by atoms with van der Waals surface area (Å²) in [5, 5.41) is 9.66. The summed E-state index contributed by atoms with van der Waals surface area (Å²) in [7, 11) is -4.91. The summed E-state index contributed by atoms with van der Waals surface area (Å²) in [6, 6.07) is 16.4. The lowest BCUT2D eigenvalue weighted by Crippen LogP contribution is -3.11. The van der Waals surface area contributed by atoms with Crippen LogP contribution in [0.5, 0.6) is 5.75 Å². The Kier molecular flexibility index (Phi) is 35.4. The van der Waals surface area contributed by atoms with E-state index in [1.807, 2.05) is 119 Å². The number of likely N-dealkylation sites (N-methyl/N-ethyl adjacent to an activating group) is 2. The van der Waals surface area contributed by atoms with Crippen molar-refractivity contribution < 1.29 is 101 Å². The first-order valence-corrected chi connectivity index (χ1v) is 33.7. The summed E-state index contributed by atoms with van der Waals surface area (Å²) < 4.78 is 120. The Morgan fingerprint density at radius 3 is 1.32 bits per heavy atom. The first-order valence-electron chi connectivity index (χ1n) is 24.7. The molecule has 0 aliphatic heterocycles. The van der Waals surface area contributed by atoms with Crippen LogP contribution in [0.3, 0.4) is 0 Å². The molecule has 0 unspecified atom stereocenters. The zero-order valence-corrected chi connectivity index (χ0v) is 58.5.